The van der Waals surface area contributed by atoms with E-state index >= 15 is 0 Å². The Hall–Kier alpha value is -1.14. The molecule has 3 rings (SSSR count). The van der Waals surface area contributed by atoms with Crippen molar-refractivity contribution in [2.24, 2.45) is 5.92 Å². The summed E-state index contributed by atoms with van der Waals surface area (Å²) in [4.78, 5) is 28.9. The third kappa shape index (κ3) is 4.93. The molecule has 2 amide bonds. The van der Waals surface area contributed by atoms with E-state index in [-0.39, 0.29) is 11.8 Å². The molecule has 2 saturated heterocycles. The largest absolute Gasteiger partial charge is 0.352 e. The van der Waals surface area contributed by atoms with Crippen LogP contribution in [-0.4, -0.2) is 73.5 Å². The van der Waals surface area contributed by atoms with Crippen LogP contribution in [0.5, 0.6) is 0 Å². The highest BCUT2D eigenvalue weighted by atomic mass is 16.2. The summed E-state index contributed by atoms with van der Waals surface area (Å²) in [5.41, 5.74) is 0. The molecule has 1 atom stereocenters. The Morgan fingerprint density at radius 3 is 2.38 bits per heavy atom. The summed E-state index contributed by atoms with van der Waals surface area (Å²) >= 11 is 0. The van der Waals surface area contributed by atoms with Crippen LogP contribution in [0.2, 0.25) is 0 Å². The smallest absolute Gasteiger partial charge is 0.234 e. The number of carbonyl (C=O) groups is 2. The zero-order valence-corrected chi connectivity index (χ0v) is 14.8. The molecule has 0 spiro atoms. The first-order valence-corrected chi connectivity index (χ1v) is 9.73. The van der Waals surface area contributed by atoms with Gasteiger partial charge in [-0.2, -0.15) is 0 Å². The molecule has 0 bridgehead atoms. The van der Waals surface area contributed by atoms with Crippen molar-refractivity contribution in [3.63, 3.8) is 0 Å². The molecule has 6 nitrogen and oxygen atoms in total. The second-order valence-electron chi connectivity index (χ2n) is 7.55. The van der Waals surface area contributed by atoms with Gasteiger partial charge in [-0.1, -0.05) is 19.3 Å². The molecule has 0 aromatic carbocycles. The molecule has 0 aromatic rings. The topological polar surface area (TPSA) is 64.7 Å². The van der Waals surface area contributed by atoms with Crippen molar-refractivity contribution in [1.82, 2.24) is 20.4 Å². The van der Waals surface area contributed by atoms with Crippen molar-refractivity contribution in [3.05, 3.63) is 0 Å². The number of carbonyl (C=O) groups excluding carboxylic acids is 2. The third-order valence-electron chi connectivity index (χ3n) is 5.67. The first-order chi connectivity index (χ1) is 11.7. The predicted octanol–water partition coefficient (Wildman–Crippen LogP) is 0.579. The van der Waals surface area contributed by atoms with Crippen molar-refractivity contribution in [2.75, 3.05) is 45.8 Å². The van der Waals surface area contributed by atoms with Crippen molar-refractivity contribution < 1.29 is 9.59 Å². The number of nitrogens with one attached hydrogen (secondary N) is 2. The van der Waals surface area contributed by atoms with Crippen LogP contribution in [0, 0.1) is 5.92 Å². The number of piperidine rings is 1. The Balaban J connectivity index is 1.36. The molecule has 2 aliphatic heterocycles. The highest BCUT2D eigenvalue weighted by molar-refractivity contribution is 5.80. The minimum Gasteiger partial charge on any atom is -0.352 e. The SMILES string of the molecule is O=C(CN1CCN(C(=O)C2CCCNC2)CC1)NC1CCCCC1. The lowest BCUT2D eigenvalue weighted by molar-refractivity contribution is -0.138. The monoisotopic (exact) mass is 336 g/mol. The summed E-state index contributed by atoms with van der Waals surface area (Å²) in [5.74, 6) is 0.603. The van der Waals surface area contributed by atoms with Gasteiger partial charge < -0.3 is 15.5 Å². The Labute approximate surface area is 145 Å². The molecule has 6 heteroatoms. The van der Waals surface area contributed by atoms with Gasteiger partial charge in [0.2, 0.25) is 11.8 Å². The Morgan fingerprint density at radius 2 is 1.71 bits per heavy atom. The summed E-state index contributed by atoms with van der Waals surface area (Å²) in [5, 5.41) is 6.50. The van der Waals surface area contributed by atoms with Gasteiger partial charge in [-0.25, -0.2) is 0 Å². The zero-order valence-electron chi connectivity index (χ0n) is 14.8. The molecule has 0 radical (unpaired) electrons. The van der Waals surface area contributed by atoms with Crippen LogP contribution in [-0.2, 0) is 9.59 Å². The van der Waals surface area contributed by atoms with Crippen molar-refractivity contribution in [2.45, 2.75) is 51.0 Å². The summed E-state index contributed by atoms with van der Waals surface area (Å²) in [7, 11) is 0. The maximum Gasteiger partial charge on any atom is 0.234 e. The molecule has 24 heavy (non-hydrogen) atoms. The summed E-state index contributed by atoms with van der Waals surface area (Å²) in [6.07, 6.45) is 8.14. The fraction of sp³-hybridized carbons (Fsp3) is 0.889. The second kappa shape index (κ2) is 8.81. The molecule has 0 aromatic heterocycles. The van der Waals surface area contributed by atoms with Crippen LogP contribution >= 0.6 is 0 Å². The maximum absolute atomic E-state index is 12.5. The average molecular weight is 336 g/mol. The van der Waals surface area contributed by atoms with E-state index in [4.69, 9.17) is 0 Å². The minimum absolute atomic E-state index is 0.151. The van der Waals surface area contributed by atoms with Crippen molar-refractivity contribution in [1.29, 1.82) is 0 Å². The van der Waals surface area contributed by atoms with Crippen LogP contribution in [0.3, 0.4) is 0 Å². The standard InChI is InChI=1S/C18H32N4O2/c23-17(20-16-6-2-1-3-7-16)14-21-9-11-22(12-10-21)18(24)15-5-4-8-19-13-15/h15-16,19H,1-14H2,(H,20,23). The van der Waals surface area contributed by atoms with Gasteiger partial charge >= 0.3 is 0 Å². The van der Waals surface area contributed by atoms with Gasteiger partial charge in [-0.3, -0.25) is 14.5 Å². The van der Waals surface area contributed by atoms with E-state index in [1.165, 1.54) is 19.3 Å². The summed E-state index contributed by atoms with van der Waals surface area (Å²) < 4.78 is 0. The van der Waals surface area contributed by atoms with Crippen LogP contribution in [0.25, 0.3) is 0 Å². The van der Waals surface area contributed by atoms with Gasteiger partial charge in [0.1, 0.15) is 0 Å². The first kappa shape index (κ1) is 17.7. The molecule has 1 unspecified atom stereocenters. The highest BCUT2D eigenvalue weighted by Gasteiger charge is 2.29. The maximum atomic E-state index is 12.5. The number of hydrogen-bond donors (Lipinski definition) is 2. The minimum atomic E-state index is 0.151. The van der Waals surface area contributed by atoms with Crippen molar-refractivity contribution in [3.8, 4) is 0 Å². The second-order valence-corrected chi connectivity index (χ2v) is 7.55. The molecular formula is C18H32N4O2. The van der Waals surface area contributed by atoms with E-state index in [0.29, 0.717) is 18.5 Å². The summed E-state index contributed by atoms with van der Waals surface area (Å²) in [6, 6.07) is 0.382. The lowest BCUT2D eigenvalue weighted by atomic mass is 9.95. The zero-order chi connectivity index (χ0) is 16.8. The van der Waals surface area contributed by atoms with Crippen molar-refractivity contribution >= 4 is 11.8 Å². The van der Waals surface area contributed by atoms with E-state index in [9.17, 15) is 9.59 Å². The van der Waals surface area contributed by atoms with Crippen LogP contribution < -0.4 is 10.6 Å². The first-order valence-electron chi connectivity index (χ1n) is 9.73. The third-order valence-corrected chi connectivity index (χ3v) is 5.67. The van der Waals surface area contributed by atoms with E-state index in [0.717, 1.165) is 65.0 Å². The Kier molecular flexibility index (Phi) is 6.49. The van der Waals surface area contributed by atoms with E-state index < -0.39 is 0 Å². The normalized spacial score (nSPS) is 27.0. The van der Waals surface area contributed by atoms with E-state index in [1.807, 2.05) is 4.90 Å². The molecule has 1 saturated carbocycles. The quantitative estimate of drug-likeness (QED) is 0.788. The highest BCUT2D eigenvalue weighted by Crippen LogP contribution is 2.17. The van der Waals surface area contributed by atoms with Gasteiger partial charge in [0.15, 0.2) is 0 Å². The predicted molar refractivity (Wildman–Crippen MR) is 93.6 cm³/mol. The molecular weight excluding hydrogens is 304 g/mol. The van der Waals surface area contributed by atoms with Gasteiger partial charge in [-0.05, 0) is 32.2 Å². The number of piperazine rings is 1. The Bertz CT molecular complexity index is 423. The number of amides is 2. The van der Waals surface area contributed by atoms with Gasteiger partial charge in [0.05, 0.1) is 12.5 Å². The van der Waals surface area contributed by atoms with Crippen LogP contribution in [0.15, 0.2) is 0 Å². The molecule has 2 heterocycles. The molecule has 136 valence electrons. The Morgan fingerprint density at radius 1 is 0.958 bits per heavy atom. The fourth-order valence-corrected chi connectivity index (χ4v) is 4.17. The van der Waals surface area contributed by atoms with Crippen LogP contribution in [0.4, 0.5) is 0 Å². The molecule has 1 aliphatic carbocycles. The number of nitrogens with zero attached hydrogens (tertiary/aromatic N) is 2. The molecule has 2 N–H and O–H groups in total. The summed E-state index contributed by atoms with van der Waals surface area (Å²) in [6.45, 7) is 5.46. The van der Waals surface area contributed by atoms with Crippen LogP contribution in [0.1, 0.15) is 44.9 Å². The van der Waals surface area contributed by atoms with E-state index in [1.54, 1.807) is 0 Å². The number of hydrogen-bond acceptors (Lipinski definition) is 4. The van der Waals surface area contributed by atoms with E-state index in [2.05, 4.69) is 15.5 Å². The van der Waals surface area contributed by atoms with Gasteiger partial charge in [0.25, 0.3) is 0 Å². The molecule has 3 fully saturated rings. The van der Waals surface area contributed by atoms with Gasteiger partial charge in [-0.15, -0.1) is 0 Å². The number of rotatable bonds is 4. The molecule has 3 aliphatic rings. The lowest BCUT2D eigenvalue weighted by Crippen LogP contribution is -2.54. The average Bonchev–Trinajstić information content (AvgIpc) is 2.63. The fourth-order valence-electron chi connectivity index (χ4n) is 4.17. The lowest BCUT2D eigenvalue weighted by Gasteiger charge is -2.37. The van der Waals surface area contributed by atoms with Gasteiger partial charge in [0, 0.05) is 38.8 Å².